The third-order valence-electron chi connectivity index (χ3n) is 9.52. The lowest BCUT2D eigenvalue weighted by molar-refractivity contribution is -0.132. The molecule has 3 aromatic rings. The molecule has 0 aromatic heterocycles. The first kappa shape index (κ1) is 28.9. The SMILES string of the molecule is CC(=O)Nc1ccc(N2C(=O)[C@@H]3[C@H](CC(C)C)N[C@@]4(C(=O)N(CC(=O)N5CCc6ccccc65)c5ccccc54)[C@H]3C2=O)cc1. The van der Waals surface area contributed by atoms with Crippen LogP contribution in [0.3, 0.4) is 0 Å². The van der Waals surface area contributed by atoms with Gasteiger partial charge in [0.2, 0.25) is 23.6 Å². The van der Waals surface area contributed by atoms with Crippen molar-refractivity contribution in [3.8, 4) is 0 Å². The number of carbonyl (C=O) groups is 5. The number of benzene rings is 3. The molecule has 0 unspecified atom stereocenters. The molecule has 7 rings (SSSR count). The fraction of sp³-hybridized carbons (Fsp3) is 0.343. The summed E-state index contributed by atoms with van der Waals surface area (Å²) in [6, 6.07) is 21.1. The Hall–Kier alpha value is -4.83. The zero-order valence-corrected chi connectivity index (χ0v) is 25.4. The number of hydrogen-bond donors (Lipinski definition) is 2. The van der Waals surface area contributed by atoms with Crippen LogP contribution in [0.25, 0.3) is 0 Å². The van der Waals surface area contributed by atoms with Crippen molar-refractivity contribution in [1.29, 1.82) is 0 Å². The molecule has 0 aliphatic carbocycles. The first-order valence-electron chi connectivity index (χ1n) is 15.4. The smallest absolute Gasteiger partial charge is 0.253 e. The second-order valence-corrected chi connectivity index (χ2v) is 12.8. The molecule has 230 valence electrons. The Morgan fingerprint density at radius 2 is 1.62 bits per heavy atom. The molecule has 5 amide bonds. The fourth-order valence-corrected chi connectivity index (χ4v) is 7.78. The molecule has 0 radical (unpaired) electrons. The standard InChI is InChI=1S/C35H35N5O5/c1-20(2)18-26-30-31(33(44)40(32(30)43)24-14-12-23(13-15-24)36-21(3)41)35(37-26)25-9-5-7-11-28(25)39(34(35)45)19-29(42)38-17-16-22-8-4-6-10-27(22)38/h4-15,20,26,30-31,37H,16-19H2,1-3H3,(H,36,41)/t26-,30+,31+,35+/m0/s1. The molecule has 10 nitrogen and oxygen atoms in total. The Bertz CT molecular complexity index is 1750. The van der Waals surface area contributed by atoms with E-state index in [-0.39, 0.29) is 30.2 Å². The van der Waals surface area contributed by atoms with Crippen LogP contribution in [0.2, 0.25) is 0 Å². The van der Waals surface area contributed by atoms with Crippen LogP contribution in [0.5, 0.6) is 0 Å². The van der Waals surface area contributed by atoms with Gasteiger partial charge in [-0.15, -0.1) is 0 Å². The van der Waals surface area contributed by atoms with Gasteiger partial charge in [-0.05, 0) is 60.7 Å². The summed E-state index contributed by atoms with van der Waals surface area (Å²) in [4.78, 5) is 73.1. The summed E-state index contributed by atoms with van der Waals surface area (Å²) in [5.74, 6) is -3.23. The zero-order chi connectivity index (χ0) is 31.6. The van der Waals surface area contributed by atoms with E-state index in [1.807, 2.05) is 56.3 Å². The largest absolute Gasteiger partial charge is 0.326 e. The third kappa shape index (κ3) is 4.38. The molecule has 4 aliphatic rings. The summed E-state index contributed by atoms with van der Waals surface area (Å²) in [6.45, 7) is 5.85. The molecule has 0 saturated carbocycles. The van der Waals surface area contributed by atoms with Crippen LogP contribution >= 0.6 is 0 Å². The van der Waals surface area contributed by atoms with E-state index in [4.69, 9.17) is 0 Å². The monoisotopic (exact) mass is 605 g/mol. The van der Waals surface area contributed by atoms with Crippen molar-refractivity contribution in [3.05, 3.63) is 83.9 Å². The molecular weight excluding hydrogens is 570 g/mol. The Labute approximate surface area is 261 Å². The molecule has 45 heavy (non-hydrogen) atoms. The number of amides is 5. The van der Waals surface area contributed by atoms with E-state index in [1.54, 1.807) is 35.2 Å². The van der Waals surface area contributed by atoms with Crippen LogP contribution < -0.4 is 25.3 Å². The van der Waals surface area contributed by atoms with Gasteiger partial charge in [0.1, 0.15) is 12.1 Å². The van der Waals surface area contributed by atoms with Crippen LogP contribution in [0.15, 0.2) is 72.8 Å². The lowest BCUT2D eigenvalue weighted by Crippen LogP contribution is -2.56. The number of anilines is 4. The van der Waals surface area contributed by atoms with Gasteiger partial charge in [0, 0.05) is 42.1 Å². The topological polar surface area (TPSA) is 119 Å². The molecule has 4 atom stereocenters. The highest BCUT2D eigenvalue weighted by Gasteiger charge is 2.71. The van der Waals surface area contributed by atoms with Crippen LogP contribution in [0.1, 0.15) is 38.3 Å². The normalized spacial score (nSPS) is 24.9. The number of nitrogens with zero attached hydrogens (tertiary/aromatic N) is 3. The first-order chi connectivity index (χ1) is 21.6. The Morgan fingerprint density at radius 1 is 0.933 bits per heavy atom. The maximum atomic E-state index is 14.8. The molecular formula is C35H35N5O5. The van der Waals surface area contributed by atoms with E-state index in [9.17, 15) is 24.0 Å². The minimum absolute atomic E-state index is 0.184. The van der Waals surface area contributed by atoms with Crippen molar-refractivity contribution in [2.45, 2.75) is 45.2 Å². The van der Waals surface area contributed by atoms with Crippen LogP contribution in [-0.4, -0.2) is 48.7 Å². The van der Waals surface area contributed by atoms with Crippen molar-refractivity contribution in [2.24, 2.45) is 17.8 Å². The Kier molecular flexibility index (Phi) is 6.85. The number of rotatable bonds is 6. The van der Waals surface area contributed by atoms with Gasteiger partial charge in [-0.2, -0.15) is 0 Å². The number of imide groups is 1. The zero-order valence-electron chi connectivity index (χ0n) is 25.4. The molecule has 1 spiro atoms. The minimum atomic E-state index is -1.50. The summed E-state index contributed by atoms with van der Waals surface area (Å²) < 4.78 is 0. The molecule has 4 aliphatic heterocycles. The van der Waals surface area contributed by atoms with E-state index in [2.05, 4.69) is 10.6 Å². The van der Waals surface area contributed by atoms with Crippen molar-refractivity contribution < 1.29 is 24.0 Å². The van der Waals surface area contributed by atoms with Crippen LogP contribution in [-0.2, 0) is 35.9 Å². The predicted octanol–water partition coefficient (Wildman–Crippen LogP) is 3.60. The van der Waals surface area contributed by atoms with E-state index in [0.717, 1.165) is 17.7 Å². The predicted molar refractivity (Wildman–Crippen MR) is 170 cm³/mol. The number of carbonyl (C=O) groups excluding carboxylic acids is 5. The van der Waals surface area contributed by atoms with Gasteiger partial charge in [-0.3, -0.25) is 29.3 Å². The second kappa shape index (κ2) is 10.7. The van der Waals surface area contributed by atoms with Gasteiger partial charge in [0.05, 0.1) is 17.5 Å². The molecule has 0 bridgehead atoms. The summed E-state index contributed by atoms with van der Waals surface area (Å²) in [6.07, 6.45) is 1.33. The third-order valence-corrected chi connectivity index (χ3v) is 9.52. The number of hydrogen-bond acceptors (Lipinski definition) is 6. The van der Waals surface area contributed by atoms with E-state index in [0.29, 0.717) is 35.6 Å². The van der Waals surface area contributed by atoms with E-state index >= 15 is 0 Å². The van der Waals surface area contributed by atoms with E-state index in [1.165, 1.54) is 16.7 Å². The second-order valence-electron chi connectivity index (χ2n) is 12.8. The van der Waals surface area contributed by atoms with Crippen molar-refractivity contribution in [3.63, 3.8) is 0 Å². The van der Waals surface area contributed by atoms with Gasteiger partial charge in [-0.25, -0.2) is 4.90 Å². The first-order valence-corrected chi connectivity index (χ1v) is 15.4. The van der Waals surface area contributed by atoms with Gasteiger partial charge in [-0.1, -0.05) is 50.2 Å². The Morgan fingerprint density at radius 3 is 2.33 bits per heavy atom. The summed E-state index contributed by atoms with van der Waals surface area (Å²) in [5, 5.41) is 6.22. The average molecular weight is 606 g/mol. The van der Waals surface area contributed by atoms with E-state index < -0.39 is 35.2 Å². The molecule has 3 aromatic carbocycles. The van der Waals surface area contributed by atoms with Crippen molar-refractivity contribution in [2.75, 3.05) is 33.1 Å². The molecule has 2 fully saturated rings. The highest BCUT2D eigenvalue weighted by molar-refractivity contribution is 6.26. The summed E-state index contributed by atoms with van der Waals surface area (Å²) >= 11 is 0. The average Bonchev–Trinajstić information content (AvgIpc) is 3.72. The van der Waals surface area contributed by atoms with Crippen LogP contribution in [0.4, 0.5) is 22.7 Å². The van der Waals surface area contributed by atoms with Gasteiger partial charge >= 0.3 is 0 Å². The highest BCUT2D eigenvalue weighted by atomic mass is 16.2. The molecule has 4 heterocycles. The maximum Gasteiger partial charge on any atom is 0.253 e. The number of para-hydroxylation sites is 2. The van der Waals surface area contributed by atoms with Crippen LogP contribution in [0, 0.1) is 17.8 Å². The fourth-order valence-electron chi connectivity index (χ4n) is 7.78. The summed E-state index contributed by atoms with van der Waals surface area (Å²) in [5.41, 5.74) is 2.54. The summed E-state index contributed by atoms with van der Waals surface area (Å²) in [7, 11) is 0. The minimum Gasteiger partial charge on any atom is -0.326 e. The van der Waals surface area contributed by atoms with Gasteiger partial charge in [0.25, 0.3) is 5.91 Å². The Balaban J connectivity index is 1.27. The highest BCUT2D eigenvalue weighted by Crippen LogP contribution is 2.56. The van der Waals surface area contributed by atoms with Gasteiger partial charge in [0.15, 0.2) is 0 Å². The molecule has 10 heteroatoms. The number of fused-ring (bicyclic) bond motifs is 5. The van der Waals surface area contributed by atoms with Gasteiger partial charge < -0.3 is 15.1 Å². The quantitative estimate of drug-likeness (QED) is 0.415. The lowest BCUT2D eigenvalue weighted by atomic mass is 9.76. The van der Waals surface area contributed by atoms with Crippen molar-refractivity contribution >= 4 is 52.3 Å². The molecule has 2 saturated heterocycles. The number of nitrogens with one attached hydrogen (secondary N) is 2. The molecule has 2 N–H and O–H groups in total. The van der Waals surface area contributed by atoms with Crippen molar-refractivity contribution in [1.82, 2.24) is 5.32 Å². The maximum absolute atomic E-state index is 14.8. The lowest BCUT2D eigenvalue weighted by Gasteiger charge is -2.31.